The summed E-state index contributed by atoms with van der Waals surface area (Å²) in [5.74, 6) is 0. The van der Waals surface area contributed by atoms with Crippen molar-refractivity contribution < 1.29 is 13.2 Å². The number of sulfonamides is 1. The summed E-state index contributed by atoms with van der Waals surface area (Å²) in [6.07, 6.45) is 1.53. The van der Waals surface area contributed by atoms with E-state index in [4.69, 9.17) is 4.74 Å². The van der Waals surface area contributed by atoms with Crippen LogP contribution >= 0.6 is 11.3 Å². The highest BCUT2D eigenvalue weighted by molar-refractivity contribution is 7.89. The highest BCUT2D eigenvalue weighted by Gasteiger charge is 2.38. The van der Waals surface area contributed by atoms with E-state index in [-0.39, 0.29) is 6.10 Å². The average Bonchev–Trinajstić information content (AvgIpc) is 3.11. The van der Waals surface area contributed by atoms with Gasteiger partial charge in [0, 0.05) is 11.6 Å². The molecule has 2 aromatic carbocycles. The Morgan fingerprint density at radius 1 is 1.04 bits per heavy atom. The second-order valence-electron chi connectivity index (χ2n) is 6.25. The summed E-state index contributed by atoms with van der Waals surface area (Å²) >= 11 is 1.40. The van der Waals surface area contributed by atoms with Crippen LogP contribution in [0.5, 0.6) is 5.19 Å². The van der Waals surface area contributed by atoms with Crippen LogP contribution in [-0.4, -0.2) is 36.9 Å². The lowest BCUT2D eigenvalue weighted by molar-refractivity contribution is 0.0759. The molecule has 0 radical (unpaired) electrons. The third kappa shape index (κ3) is 3.38. The van der Waals surface area contributed by atoms with E-state index < -0.39 is 10.0 Å². The van der Waals surface area contributed by atoms with E-state index in [0.717, 1.165) is 11.1 Å². The summed E-state index contributed by atoms with van der Waals surface area (Å²) in [7, 11) is -3.48. The lowest BCUT2D eigenvalue weighted by Gasteiger charge is -2.37. The highest BCUT2D eigenvalue weighted by atomic mass is 32.2. The molecular weight excluding hydrogens is 368 g/mol. The molecule has 0 N–H and O–H groups in total. The van der Waals surface area contributed by atoms with Gasteiger partial charge in [-0.3, -0.25) is 0 Å². The van der Waals surface area contributed by atoms with Gasteiger partial charge in [0.15, 0.2) is 0 Å². The minimum absolute atomic E-state index is 0.136. The second kappa shape index (κ2) is 6.83. The van der Waals surface area contributed by atoms with E-state index >= 15 is 0 Å². The molecule has 0 spiro atoms. The summed E-state index contributed by atoms with van der Waals surface area (Å²) in [4.78, 5) is 4.36. The molecule has 4 rings (SSSR count). The van der Waals surface area contributed by atoms with Gasteiger partial charge < -0.3 is 4.74 Å². The Kier molecular flexibility index (Phi) is 4.52. The molecule has 0 saturated carbocycles. The number of nitrogens with zero attached hydrogens (tertiary/aromatic N) is 2. The third-order valence-electron chi connectivity index (χ3n) is 4.37. The summed E-state index contributed by atoms with van der Waals surface area (Å²) in [5.41, 5.74) is 3.26. The molecule has 2 heterocycles. The smallest absolute Gasteiger partial charge is 0.273 e. The number of rotatable bonds is 5. The summed E-state index contributed by atoms with van der Waals surface area (Å²) in [6.45, 7) is 2.74. The Morgan fingerprint density at radius 2 is 1.65 bits per heavy atom. The van der Waals surface area contributed by atoms with Crippen LogP contribution in [0, 0.1) is 6.92 Å². The quantitative estimate of drug-likeness (QED) is 0.673. The van der Waals surface area contributed by atoms with Gasteiger partial charge >= 0.3 is 0 Å². The third-order valence-corrected chi connectivity index (χ3v) is 6.88. The predicted molar refractivity (Wildman–Crippen MR) is 102 cm³/mol. The minimum atomic E-state index is -3.48. The maximum absolute atomic E-state index is 12.7. The van der Waals surface area contributed by atoms with Crippen molar-refractivity contribution >= 4 is 21.4 Å². The molecule has 0 amide bonds. The van der Waals surface area contributed by atoms with Gasteiger partial charge in [-0.15, -0.1) is 0 Å². The number of thiazole rings is 1. The van der Waals surface area contributed by atoms with Crippen molar-refractivity contribution in [3.8, 4) is 16.3 Å². The molecule has 1 fully saturated rings. The summed E-state index contributed by atoms with van der Waals surface area (Å²) < 4.78 is 32.5. The van der Waals surface area contributed by atoms with Crippen LogP contribution in [0.3, 0.4) is 0 Å². The largest absolute Gasteiger partial charge is 0.464 e. The lowest BCUT2D eigenvalue weighted by Crippen LogP contribution is -2.55. The molecule has 1 aliphatic rings. The van der Waals surface area contributed by atoms with Gasteiger partial charge in [0.2, 0.25) is 10.0 Å². The van der Waals surface area contributed by atoms with Crippen LogP contribution in [-0.2, 0) is 10.0 Å². The Balaban J connectivity index is 1.44. The van der Waals surface area contributed by atoms with Crippen molar-refractivity contribution in [3.63, 3.8) is 0 Å². The zero-order valence-electron chi connectivity index (χ0n) is 14.2. The van der Waals surface area contributed by atoms with Gasteiger partial charge in [0.1, 0.15) is 6.10 Å². The standard InChI is InChI=1S/C19H18N2O3S2/c1-14-2-4-15(5-3-14)16-6-8-18(9-7-16)26(22,23)21-12-17(13-21)24-19-20-10-11-25-19/h2-11,17H,12-13H2,1H3. The second-order valence-corrected chi connectivity index (χ2v) is 9.05. The van der Waals surface area contributed by atoms with E-state index in [2.05, 4.69) is 4.98 Å². The zero-order valence-corrected chi connectivity index (χ0v) is 15.8. The molecule has 0 bridgehead atoms. The number of aromatic nitrogens is 1. The van der Waals surface area contributed by atoms with Crippen molar-refractivity contribution in [2.45, 2.75) is 17.9 Å². The molecule has 3 aromatic rings. The van der Waals surface area contributed by atoms with Crippen molar-refractivity contribution in [2.24, 2.45) is 0 Å². The van der Waals surface area contributed by atoms with Gasteiger partial charge in [-0.25, -0.2) is 13.4 Å². The lowest BCUT2D eigenvalue weighted by atomic mass is 10.0. The first kappa shape index (κ1) is 17.2. The van der Waals surface area contributed by atoms with Gasteiger partial charge in [-0.2, -0.15) is 4.31 Å². The number of hydrogen-bond acceptors (Lipinski definition) is 5. The molecule has 1 saturated heterocycles. The first-order chi connectivity index (χ1) is 12.5. The molecule has 26 heavy (non-hydrogen) atoms. The summed E-state index contributed by atoms with van der Waals surface area (Å²) in [5, 5.41) is 2.41. The Bertz CT molecular complexity index is 976. The molecule has 1 aliphatic heterocycles. The minimum Gasteiger partial charge on any atom is -0.464 e. The van der Waals surface area contributed by atoms with Crippen molar-refractivity contribution in [2.75, 3.05) is 13.1 Å². The maximum atomic E-state index is 12.7. The summed E-state index contributed by atoms with van der Waals surface area (Å²) in [6, 6.07) is 15.2. The molecule has 134 valence electrons. The maximum Gasteiger partial charge on any atom is 0.273 e. The van der Waals surface area contributed by atoms with Gasteiger partial charge in [0.05, 0.1) is 18.0 Å². The molecular formula is C19H18N2O3S2. The van der Waals surface area contributed by atoms with Crippen LogP contribution in [0.15, 0.2) is 65.0 Å². The van der Waals surface area contributed by atoms with E-state index in [1.54, 1.807) is 18.3 Å². The zero-order chi connectivity index (χ0) is 18.1. The SMILES string of the molecule is Cc1ccc(-c2ccc(S(=O)(=O)N3CC(Oc4nccs4)C3)cc2)cc1. The van der Waals surface area contributed by atoms with Crippen LogP contribution in [0.1, 0.15) is 5.56 Å². The molecule has 0 atom stereocenters. The Morgan fingerprint density at radius 3 is 2.23 bits per heavy atom. The van der Waals surface area contributed by atoms with Crippen LogP contribution in [0.25, 0.3) is 11.1 Å². The fraction of sp³-hybridized carbons (Fsp3) is 0.211. The topological polar surface area (TPSA) is 59.5 Å². The predicted octanol–water partition coefficient (Wildman–Crippen LogP) is 3.57. The van der Waals surface area contributed by atoms with Gasteiger partial charge in [0.25, 0.3) is 5.19 Å². The normalized spacial score (nSPS) is 15.6. The molecule has 7 heteroatoms. The van der Waals surface area contributed by atoms with Crippen LogP contribution < -0.4 is 4.74 Å². The van der Waals surface area contributed by atoms with E-state index in [1.807, 2.05) is 48.7 Å². The molecule has 5 nitrogen and oxygen atoms in total. The van der Waals surface area contributed by atoms with Crippen LogP contribution in [0.2, 0.25) is 0 Å². The van der Waals surface area contributed by atoms with Gasteiger partial charge in [-0.1, -0.05) is 53.3 Å². The highest BCUT2D eigenvalue weighted by Crippen LogP contribution is 2.27. The number of aryl methyl sites for hydroxylation is 1. The Hall–Kier alpha value is -2.22. The fourth-order valence-corrected chi connectivity index (χ4v) is 4.85. The number of benzene rings is 2. The van der Waals surface area contributed by atoms with E-state index in [9.17, 15) is 8.42 Å². The Labute approximate surface area is 156 Å². The van der Waals surface area contributed by atoms with Gasteiger partial charge in [-0.05, 0) is 30.2 Å². The van der Waals surface area contributed by atoms with Crippen LogP contribution in [0.4, 0.5) is 0 Å². The number of ether oxygens (including phenoxy) is 1. The van der Waals surface area contributed by atoms with E-state index in [0.29, 0.717) is 23.2 Å². The van der Waals surface area contributed by atoms with Crippen molar-refractivity contribution in [3.05, 3.63) is 65.7 Å². The van der Waals surface area contributed by atoms with E-state index in [1.165, 1.54) is 21.2 Å². The van der Waals surface area contributed by atoms with Crippen molar-refractivity contribution in [1.29, 1.82) is 0 Å². The fourth-order valence-electron chi connectivity index (χ4n) is 2.80. The first-order valence-electron chi connectivity index (χ1n) is 8.26. The average molecular weight is 386 g/mol. The molecule has 0 unspecified atom stereocenters. The molecule has 0 aliphatic carbocycles. The monoisotopic (exact) mass is 386 g/mol. The van der Waals surface area contributed by atoms with Crippen molar-refractivity contribution in [1.82, 2.24) is 9.29 Å². The number of hydrogen-bond donors (Lipinski definition) is 0. The molecule has 1 aromatic heterocycles. The first-order valence-corrected chi connectivity index (χ1v) is 10.6.